The van der Waals surface area contributed by atoms with Gasteiger partial charge in [0.05, 0.1) is 6.21 Å². The van der Waals surface area contributed by atoms with Crippen molar-refractivity contribution < 1.29 is 10.1 Å². The maximum absolute atomic E-state index is 10.3. The zero-order valence-corrected chi connectivity index (χ0v) is 7.10. The Labute approximate surface area is 70.5 Å². The molecule has 1 N–H and O–H groups in total. The van der Waals surface area contributed by atoms with E-state index in [9.17, 15) is 10.1 Å². The van der Waals surface area contributed by atoms with Crippen molar-refractivity contribution in [1.82, 2.24) is 0 Å². The van der Waals surface area contributed by atoms with Crippen molar-refractivity contribution in [2.24, 2.45) is 5.16 Å². The van der Waals surface area contributed by atoms with Gasteiger partial charge in [-0.15, -0.1) is 0 Å². The van der Waals surface area contributed by atoms with Gasteiger partial charge in [0.2, 0.25) is 6.04 Å². The van der Waals surface area contributed by atoms with Gasteiger partial charge >= 0.3 is 0 Å². The molecule has 0 bridgehead atoms. The molecule has 0 aromatic carbocycles. The molecule has 0 fully saturated rings. The van der Waals surface area contributed by atoms with Crippen LogP contribution in [0.5, 0.6) is 0 Å². The fourth-order valence-electron chi connectivity index (χ4n) is 0.817. The highest BCUT2D eigenvalue weighted by Crippen LogP contribution is 2.08. The Hall–Kier alpha value is -1.39. The number of allylic oxidation sites excluding steroid dienone is 1. The smallest absolute Gasteiger partial charge is 0.231 e. The summed E-state index contributed by atoms with van der Waals surface area (Å²) in [7, 11) is 0. The summed E-state index contributed by atoms with van der Waals surface area (Å²) in [6, 6.07) is -0.715. The third kappa shape index (κ3) is 3.14. The molecule has 0 saturated heterocycles. The van der Waals surface area contributed by atoms with E-state index in [2.05, 4.69) is 5.16 Å². The standard InChI is InChI=1S/C7H12N2O3/c1-3-7(4-5-8-10)6(2)9(11)12/h4-6,10H,3H2,1-2H3/b7-4+,8-5+. The Morgan fingerprint density at radius 1 is 1.83 bits per heavy atom. The second-order valence-electron chi connectivity index (χ2n) is 2.32. The van der Waals surface area contributed by atoms with Crippen LogP contribution in [-0.4, -0.2) is 22.4 Å². The lowest BCUT2D eigenvalue weighted by Crippen LogP contribution is -2.17. The number of oxime groups is 1. The predicted octanol–water partition coefficient (Wildman–Crippen LogP) is 1.45. The maximum Gasteiger partial charge on any atom is 0.231 e. The zero-order chi connectivity index (χ0) is 9.56. The monoisotopic (exact) mass is 172 g/mol. The average molecular weight is 172 g/mol. The summed E-state index contributed by atoms with van der Waals surface area (Å²) in [6.07, 6.45) is 3.17. The fourth-order valence-corrected chi connectivity index (χ4v) is 0.817. The van der Waals surface area contributed by atoms with Crippen LogP contribution in [0.2, 0.25) is 0 Å². The van der Waals surface area contributed by atoms with E-state index in [1.807, 2.05) is 6.92 Å². The minimum absolute atomic E-state index is 0.374. The lowest BCUT2D eigenvalue weighted by atomic mass is 10.1. The number of rotatable bonds is 4. The molecular weight excluding hydrogens is 160 g/mol. The normalized spacial score (nSPS) is 15.0. The van der Waals surface area contributed by atoms with Gasteiger partial charge in [-0.2, -0.15) is 0 Å². The molecule has 0 rings (SSSR count). The van der Waals surface area contributed by atoms with Crippen molar-refractivity contribution in [1.29, 1.82) is 0 Å². The van der Waals surface area contributed by atoms with Crippen LogP contribution in [0, 0.1) is 10.1 Å². The Morgan fingerprint density at radius 2 is 2.42 bits per heavy atom. The van der Waals surface area contributed by atoms with Crippen molar-refractivity contribution in [2.75, 3.05) is 0 Å². The summed E-state index contributed by atoms with van der Waals surface area (Å²) in [5.41, 5.74) is 0.637. The minimum atomic E-state index is -0.715. The van der Waals surface area contributed by atoms with Crippen LogP contribution < -0.4 is 0 Å². The van der Waals surface area contributed by atoms with E-state index in [-0.39, 0.29) is 4.92 Å². The van der Waals surface area contributed by atoms with Crippen molar-refractivity contribution in [3.05, 3.63) is 21.8 Å². The van der Waals surface area contributed by atoms with E-state index < -0.39 is 6.04 Å². The van der Waals surface area contributed by atoms with Gasteiger partial charge in [-0.05, 0) is 12.5 Å². The molecule has 0 radical (unpaired) electrons. The van der Waals surface area contributed by atoms with Gasteiger partial charge in [0.1, 0.15) is 0 Å². The molecule has 5 nitrogen and oxygen atoms in total. The molecule has 1 unspecified atom stereocenters. The largest absolute Gasteiger partial charge is 0.411 e. The highest BCUT2D eigenvalue weighted by Gasteiger charge is 2.16. The zero-order valence-electron chi connectivity index (χ0n) is 7.10. The summed E-state index contributed by atoms with van der Waals surface area (Å²) in [5, 5.41) is 21.1. The number of nitro groups is 1. The number of nitrogens with zero attached hydrogens (tertiary/aromatic N) is 2. The Morgan fingerprint density at radius 3 is 2.75 bits per heavy atom. The van der Waals surface area contributed by atoms with E-state index in [1.165, 1.54) is 13.0 Å². The van der Waals surface area contributed by atoms with Gasteiger partial charge in [-0.1, -0.05) is 12.1 Å². The van der Waals surface area contributed by atoms with Crippen LogP contribution in [0.15, 0.2) is 16.8 Å². The third-order valence-electron chi connectivity index (χ3n) is 1.62. The molecule has 0 aliphatic carbocycles. The fraction of sp³-hybridized carbons (Fsp3) is 0.571. The van der Waals surface area contributed by atoms with E-state index in [1.54, 1.807) is 0 Å². The minimum Gasteiger partial charge on any atom is -0.411 e. The summed E-state index contributed by atoms with van der Waals surface area (Å²) in [5.74, 6) is 0. The third-order valence-corrected chi connectivity index (χ3v) is 1.62. The first-order valence-electron chi connectivity index (χ1n) is 3.63. The van der Waals surface area contributed by atoms with Gasteiger partial charge in [-0.25, -0.2) is 0 Å². The molecule has 0 aliphatic rings. The van der Waals surface area contributed by atoms with E-state index in [0.717, 1.165) is 6.21 Å². The van der Waals surface area contributed by atoms with E-state index >= 15 is 0 Å². The average Bonchev–Trinajstić information content (AvgIpc) is 2.05. The Balaban J connectivity index is 4.43. The Bertz CT molecular complexity index is 211. The molecule has 5 heteroatoms. The molecule has 0 aromatic heterocycles. The van der Waals surface area contributed by atoms with Crippen molar-refractivity contribution in [2.45, 2.75) is 26.3 Å². The molecule has 0 spiro atoms. The lowest BCUT2D eigenvalue weighted by molar-refractivity contribution is -0.507. The van der Waals surface area contributed by atoms with Crippen LogP contribution in [0.4, 0.5) is 0 Å². The first-order chi connectivity index (χ1) is 5.63. The van der Waals surface area contributed by atoms with Crippen LogP contribution >= 0.6 is 0 Å². The first kappa shape index (κ1) is 10.6. The van der Waals surface area contributed by atoms with Gasteiger partial charge in [0.25, 0.3) is 0 Å². The van der Waals surface area contributed by atoms with Gasteiger partial charge in [-0.3, -0.25) is 10.1 Å². The second-order valence-corrected chi connectivity index (χ2v) is 2.32. The molecule has 12 heavy (non-hydrogen) atoms. The Kier molecular flexibility index (Phi) is 4.67. The van der Waals surface area contributed by atoms with Crippen molar-refractivity contribution in [3.8, 4) is 0 Å². The number of hydrogen-bond acceptors (Lipinski definition) is 4. The van der Waals surface area contributed by atoms with Crippen molar-refractivity contribution in [3.63, 3.8) is 0 Å². The quantitative estimate of drug-likeness (QED) is 0.302. The lowest BCUT2D eigenvalue weighted by Gasteiger charge is -2.04. The van der Waals surface area contributed by atoms with E-state index in [0.29, 0.717) is 12.0 Å². The van der Waals surface area contributed by atoms with Gasteiger partial charge in [0, 0.05) is 17.4 Å². The summed E-state index contributed by atoms with van der Waals surface area (Å²) < 4.78 is 0. The van der Waals surface area contributed by atoms with Crippen LogP contribution in [0.25, 0.3) is 0 Å². The van der Waals surface area contributed by atoms with E-state index in [4.69, 9.17) is 5.21 Å². The molecule has 0 aromatic rings. The molecular formula is C7H12N2O3. The summed E-state index contributed by atoms with van der Waals surface area (Å²) >= 11 is 0. The second kappa shape index (κ2) is 5.29. The molecule has 0 aliphatic heterocycles. The number of hydrogen-bond donors (Lipinski definition) is 1. The SMILES string of the molecule is CC/C(=C\C=N\O)C(C)[N+](=O)[O-]. The van der Waals surface area contributed by atoms with Crippen LogP contribution in [-0.2, 0) is 0 Å². The highest BCUT2D eigenvalue weighted by molar-refractivity contribution is 5.71. The predicted molar refractivity (Wildman–Crippen MR) is 45.1 cm³/mol. The van der Waals surface area contributed by atoms with Crippen molar-refractivity contribution >= 4 is 6.21 Å². The van der Waals surface area contributed by atoms with Gasteiger partial charge in [0.15, 0.2) is 0 Å². The molecule has 68 valence electrons. The molecule has 0 amide bonds. The highest BCUT2D eigenvalue weighted by atomic mass is 16.6. The summed E-state index contributed by atoms with van der Waals surface area (Å²) in [4.78, 5) is 9.95. The molecule has 0 heterocycles. The van der Waals surface area contributed by atoms with Crippen LogP contribution in [0.1, 0.15) is 20.3 Å². The van der Waals surface area contributed by atoms with Crippen LogP contribution in [0.3, 0.4) is 0 Å². The summed E-state index contributed by atoms with van der Waals surface area (Å²) in [6.45, 7) is 3.32. The maximum atomic E-state index is 10.3. The first-order valence-corrected chi connectivity index (χ1v) is 3.63. The van der Waals surface area contributed by atoms with Gasteiger partial charge < -0.3 is 5.21 Å². The molecule has 1 atom stereocenters. The topological polar surface area (TPSA) is 75.7 Å². The molecule has 0 saturated carbocycles.